The molecule has 3 rings (SSSR count). The van der Waals surface area contributed by atoms with Crippen LogP contribution in [-0.4, -0.2) is 15.4 Å². The monoisotopic (exact) mass is 382 g/mol. The summed E-state index contributed by atoms with van der Waals surface area (Å²) in [6, 6.07) is 12.1. The highest BCUT2D eigenvalue weighted by Crippen LogP contribution is 2.29. The maximum Gasteiger partial charge on any atom is 0.115 e. The smallest absolute Gasteiger partial charge is 0.115 e. The van der Waals surface area contributed by atoms with Gasteiger partial charge in [0.15, 0.2) is 0 Å². The zero-order chi connectivity index (χ0) is 15.0. The van der Waals surface area contributed by atoms with Gasteiger partial charge in [-0.2, -0.15) is 0 Å². The van der Waals surface area contributed by atoms with Crippen LogP contribution in [0.3, 0.4) is 0 Å². The molecule has 0 aliphatic carbocycles. The average Bonchev–Trinajstić information content (AvgIpc) is 2.82. The molecule has 0 bridgehead atoms. The molecule has 1 aromatic heterocycles. The number of rotatable bonds is 3. The molecule has 0 radical (unpaired) electrons. The van der Waals surface area contributed by atoms with Gasteiger partial charge >= 0.3 is 0 Å². The number of benzene rings is 2. The minimum absolute atomic E-state index is 0.534. The largest absolute Gasteiger partial charge is 0.296 e. The predicted octanol–water partition coefficient (Wildman–Crippen LogP) is 5.53. The molecule has 2 nitrogen and oxygen atoms in total. The van der Waals surface area contributed by atoms with E-state index in [1.54, 1.807) is 0 Å². The predicted molar refractivity (Wildman–Crippen MR) is 92.9 cm³/mol. The first-order valence-corrected chi connectivity index (χ1v) is 8.30. The quantitative estimate of drug-likeness (QED) is 0.543. The number of nitrogens with zero attached hydrogens (tertiary/aromatic N) is 2. The number of aromatic nitrogens is 2. The van der Waals surface area contributed by atoms with Crippen molar-refractivity contribution in [1.82, 2.24) is 9.55 Å². The fraction of sp³-hybridized carbons (Fsp3) is 0.188. The van der Waals surface area contributed by atoms with E-state index in [1.165, 1.54) is 5.56 Å². The maximum absolute atomic E-state index is 6.24. The third-order valence-electron chi connectivity index (χ3n) is 3.43. The highest BCUT2D eigenvalue weighted by molar-refractivity contribution is 9.10. The molecule has 0 saturated carbocycles. The maximum atomic E-state index is 6.24. The van der Waals surface area contributed by atoms with Gasteiger partial charge in [-0.15, -0.1) is 11.6 Å². The van der Waals surface area contributed by atoms with E-state index in [4.69, 9.17) is 28.2 Å². The summed E-state index contributed by atoms with van der Waals surface area (Å²) in [5, 5.41) is 0.680. The Bertz CT molecular complexity index is 811. The zero-order valence-electron chi connectivity index (χ0n) is 11.4. The molecule has 21 heavy (non-hydrogen) atoms. The van der Waals surface area contributed by atoms with Crippen molar-refractivity contribution in [2.75, 3.05) is 5.88 Å². The number of aryl methyl sites for hydroxylation is 2. The molecule has 0 amide bonds. The lowest BCUT2D eigenvalue weighted by Crippen LogP contribution is -2.03. The number of imidazole rings is 1. The first-order valence-electron chi connectivity index (χ1n) is 6.60. The molecular weight excluding hydrogens is 371 g/mol. The summed E-state index contributed by atoms with van der Waals surface area (Å²) in [6.45, 7) is 2.09. The Kier molecular flexibility index (Phi) is 4.25. The fourth-order valence-electron chi connectivity index (χ4n) is 2.50. The lowest BCUT2D eigenvalue weighted by molar-refractivity contribution is 0.910. The summed E-state index contributed by atoms with van der Waals surface area (Å²) in [7, 11) is 0. The number of para-hydroxylation sites is 1. The minimum atomic E-state index is 0.534. The summed E-state index contributed by atoms with van der Waals surface area (Å²) in [6.07, 6.45) is 0.712. The van der Waals surface area contributed by atoms with Crippen molar-refractivity contribution >= 4 is 50.2 Å². The van der Waals surface area contributed by atoms with Gasteiger partial charge in [0, 0.05) is 22.5 Å². The molecule has 0 atom stereocenters. The standard InChI is InChI=1S/C16H13BrCl2N2/c1-10-3-2-4-14-16(10)21(15(20-14)7-8-18)11-5-6-12(17)13(19)9-11/h2-6,9H,7-8H2,1H3. The fourth-order valence-corrected chi connectivity index (χ4v) is 3.09. The Morgan fingerprint density at radius 3 is 2.76 bits per heavy atom. The molecule has 1 heterocycles. The summed E-state index contributed by atoms with van der Waals surface area (Å²) >= 11 is 15.6. The topological polar surface area (TPSA) is 17.8 Å². The van der Waals surface area contributed by atoms with E-state index >= 15 is 0 Å². The van der Waals surface area contributed by atoms with E-state index in [1.807, 2.05) is 30.3 Å². The van der Waals surface area contributed by atoms with Gasteiger partial charge in [-0.3, -0.25) is 4.57 Å². The Hall–Kier alpha value is -1.03. The van der Waals surface area contributed by atoms with Crippen molar-refractivity contribution in [1.29, 1.82) is 0 Å². The van der Waals surface area contributed by atoms with Crippen LogP contribution in [0.15, 0.2) is 40.9 Å². The van der Waals surface area contributed by atoms with Crippen molar-refractivity contribution in [2.24, 2.45) is 0 Å². The highest BCUT2D eigenvalue weighted by Gasteiger charge is 2.14. The normalized spacial score (nSPS) is 11.2. The molecule has 0 saturated heterocycles. The van der Waals surface area contributed by atoms with Crippen LogP contribution in [0.4, 0.5) is 0 Å². The first kappa shape index (κ1) is 14.9. The summed E-state index contributed by atoms with van der Waals surface area (Å²) in [5.41, 5.74) is 4.27. The van der Waals surface area contributed by atoms with Crippen molar-refractivity contribution in [3.8, 4) is 5.69 Å². The molecule has 0 N–H and O–H groups in total. The van der Waals surface area contributed by atoms with Crippen LogP contribution in [0.5, 0.6) is 0 Å². The molecule has 0 aliphatic heterocycles. The van der Waals surface area contributed by atoms with Crippen LogP contribution in [0.1, 0.15) is 11.4 Å². The second kappa shape index (κ2) is 5.99. The molecule has 0 unspecified atom stereocenters. The third-order valence-corrected chi connectivity index (χ3v) is 4.85. The molecule has 0 fully saturated rings. The zero-order valence-corrected chi connectivity index (χ0v) is 14.5. The van der Waals surface area contributed by atoms with Gasteiger partial charge in [0.2, 0.25) is 0 Å². The van der Waals surface area contributed by atoms with E-state index in [2.05, 4.69) is 33.5 Å². The van der Waals surface area contributed by atoms with Gasteiger partial charge in [-0.25, -0.2) is 4.98 Å². The van der Waals surface area contributed by atoms with Gasteiger partial charge < -0.3 is 0 Å². The van der Waals surface area contributed by atoms with E-state index in [0.717, 1.165) is 27.0 Å². The van der Waals surface area contributed by atoms with Gasteiger partial charge in [-0.1, -0.05) is 23.7 Å². The van der Waals surface area contributed by atoms with Crippen LogP contribution in [0.25, 0.3) is 16.7 Å². The summed E-state index contributed by atoms with van der Waals surface area (Å²) < 4.78 is 3.03. The highest BCUT2D eigenvalue weighted by atomic mass is 79.9. The lowest BCUT2D eigenvalue weighted by atomic mass is 10.2. The van der Waals surface area contributed by atoms with Crippen molar-refractivity contribution in [3.05, 3.63) is 57.3 Å². The van der Waals surface area contributed by atoms with Crippen molar-refractivity contribution in [3.63, 3.8) is 0 Å². The average molecular weight is 384 g/mol. The number of hydrogen-bond donors (Lipinski definition) is 0. The van der Waals surface area contributed by atoms with Gasteiger partial charge in [-0.05, 0) is 52.7 Å². The van der Waals surface area contributed by atoms with E-state index in [-0.39, 0.29) is 0 Å². The number of alkyl halides is 1. The SMILES string of the molecule is Cc1cccc2nc(CCCl)n(-c3ccc(Br)c(Cl)c3)c12. The molecule has 3 aromatic rings. The number of fused-ring (bicyclic) bond motifs is 1. The van der Waals surface area contributed by atoms with Crippen LogP contribution in [0.2, 0.25) is 5.02 Å². The van der Waals surface area contributed by atoms with Crippen LogP contribution >= 0.6 is 39.1 Å². The van der Waals surface area contributed by atoms with Crippen molar-refractivity contribution < 1.29 is 0 Å². The van der Waals surface area contributed by atoms with E-state index in [0.29, 0.717) is 17.3 Å². The van der Waals surface area contributed by atoms with Crippen LogP contribution in [-0.2, 0) is 6.42 Å². The molecular formula is C16H13BrCl2N2. The van der Waals surface area contributed by atoms with E-state index < -0.39 is 0 Å². The number of halogens is 3. The first-order chi connectivity index (χ1) is 10.1. The lowest BCUT2D eigenvalue weighted by Gasteiger charge is -2.11. The van der Waals surface area contributed by atoms with Gasteiger partial charge in [0.05, 0.1) is 16.1 Å². The van der Waals surface area contributed by atoms with Crippen molar-refractivity contribution in [2.45, 2.75) is 13.3 Å². The minimum Gasteiger partial charge on any atom is -0.296 e. The Morgan fingerprint density at radius 2 is 2.05 bits per heavy atom. The molecule has 0 aliphatic rings. The summed E-state index contributed by atoms with van der Waals surface area (Å²) in [4.78, 5) is 4.72. The number of hydrogen-bond acceptors (Lipinski definition) is 1. The molecule has 2 aromatic carbocycles. The Labute approximate surface area is 141 Å². The Morgan fingerprint density at radius 1 is 1.24 bits per heavy atom. The van der Waals surface area contributed by atoms with Gasteiger partial charge in [0.25, 0.3) is 0 Å². The van der Waals surface area contributed by atoms with Gasteiger partial charge in [0.1, 0.15) is 5.82 Å². The molecule has 0 spiro atoms. The van der Waals surface area contributed by atoms with Crippen LogP contribution < -0.4 is 0 Å². The second-order valence-electron chi connectivity index (χ2n) is 4.84. The van der Waals surface area contributed by atoms with Crippen LogP contribution in [0, 0.1) is 6.92 Å². The Balaban J connectivity index is 2.32. The molecule has 108 valence electrons. The summed E-state index contributed by atoms with van der Waals surface area (Å²) in [5.74, 6) is 1.49. The van der Waals surface area contributed by atoms with E-state index in [9.17, 15) is 0 Å². The molecule has 5 heteroatoms. The second-order valence-corrected chi connectivity index (χ2v) is 6.48. The third kappa shape index (κ3) is 2.70.